The summed E-state index contributed by atoms with van der Waals surface area (Å²) in [6, 6.07) is 16.2. The third-order valence-corrected chi connectivity index (χ3v) is 7.04. The van der Waals surface area contributed by atoms with Crippen LogP contribution in [0.4, 0.5) is 4.79 Å². The van der Waals surface area contributed by atoms with E-state index in [4.69, 9.17) is 14.5 Å². The van der Waals surface area contributed by atoms with Crippen molar-refractivity contribution in [3.8, 4) is 23.1 Å². The number of pyridine rings is 2. The zero-order valence-corrected chi connectivity index (χ0v) is 28.2. The van der Waals surface area contributed by atoms with Gasteiger partial charge in [-0.2, -0.15) is 0 Å². The van der Waals surface area contributed by atoms with Crippen LogP contribution >= 0.6 is 0 Å². The predicted molar refractivity (Wildman–Crippen MR) is 183 cm³/mol. The van der Waals surface area contributed by atoms with Gasteiger partial charge < -0.3 is 19.5 Å². The molecule has 3 amide bonds. The van der Waals surface area contributed by atoms with Gasteiger partial charge in [0.25, 0.3) is 11.8 Å². The lowest BCUT2D eigenvalue weighted by Gasteiger charge is -2.30. The Hall–Kier alpha value is -5.80. The molecule has 0 radical (unpaired) electrons. The number of aliphatic hydroxyl groups excluding tert-OH is 1. The van der Waals surface area contributed by atoms with Crippen molar-refractivity contribution in [2.75, 3.05) is 20.3 Å². The molecule has 1 atom stereocenters. The van der Waals surface area contributed by atoms with E-state index in [-0.39, 0.29) is 18.0 Å². The predicted octanol–water partition coefficient (Wildman–Crippen LogP) is 4.50. The van der Waals surface area contributed by atoms with E-state index in [1.54, 1.807) is 63.4 Å². The van der Waals surface area contributed by atoms with Gasteiger partial charge in [-0.05, 0) is 75.2 Å². The molecule has 4 aromatic rings. The summed E-state index contributed by atoms with van der Waals surface area (Å²) in [6.45, 7) is 8.70. The van der Waals surface area contributed by atoms with Crippen LogP contribution in [0.1, 0.15) is 66.5 Å². The largest absolute Gasteiger partial charge is 0.467 e. The fourth-order valence-electron chi connectivity index (χ4n) is 4.80. The average molecular weight is 666 g/mol. The number of amides is 3. The fraction of sp³-hybridized carbons (Fsp3) is 0.297. The van der Waals surface area contributed by atoms with Crippen LogP contribution in [0.5, 0.6) is 0 Å². The van der Waals surface area contributed by atoms with Crippen LogP contribution in [0, 0.1) is 17.8 Å². The van der Waals surface area contributed by atoms with Crippen LogP contribution in [0.25, 0.3) is 22.2 Å². The highest BCUT2D eigenvalue weighted by Crippen LogP contribution is 2.25. The Balaban J connectivity index is 1.51. The molecule has 12 heteroatoms. The van der Waals surface area contributed by atoms with E-state index < -0.39 is 42.1 Å². The zero-order valence-electron chi connectivity index (χ0n) is 28.2. The Kier molecular flexibility index (Phi) is 11.7. The molecule has 0 saturated carbocycles. The number of methoxy groups -OCH3 is 1. The van der Waals surface area contributed by atoms with Crippen molar-refractivity contribution in [3.63, 3.8) is 0 Å². The van der Waals surface area contributed by atoms with E-state index in [0.29, 0.717) is 27.7 Å². The third-order valence-electron chi connectivity index (χ3n) is 7.04. The number of nitrogens with one attached hydrogen (secondary N) is 2. The van der Waals surface area contributed by atoms with Crippen molar-refractivity contribution >= 4 is 34.8 Å². The van der Waals surface area contributed by atoms with Crippen molar-refractivity contribution in [2.45, 2.75) is 46.3 Å². The molecule has 0 aliphatic rings. The monoisotopic (exact) mass is 665 g/mol. The maximum absolute atomic E-state index is 13.3. The molecule has 0 spiro atoms. The Bertz CT molecular complexity index is 1890. The highest BCUT2D eigenvalue weighted by Gasteiger charge is 2.31. The van der Waals surface area contributed by atoms with Crippen molar-refractivity contribution in [2.24, 2.45) is 5.92 Å². The number of benzene rings is 2. The van der Waals surface area contributed by atoms with Gasteiger partial charge in [-0.25, -0.2) is 20.0 Å². The number of ether oxygens (including phenoxy) is 2. The summed E-state index contributed by atoms with van der Waals surface area (Å²) in [5, 5.41) is 10.3. The summed E-state index contributed by atoms with van der Waals surface area (Å²) in [7, 11) is 1.22. The lowest BCUT2D eigenvalue weighted by Crippen LogP contribution is -2.49. The summed E-state index contributed by atoms with van der Waals surface area (Å²) in [5.41, 5.74) is 7.74. The van der Waals surface area contributed by atoms with Gasteiger partial charge in [-0.1, -0.05) is 37.8 Å². The molecule has 2 heterocycles. The molecule has 0 aliphatic carbocycles. The summed E-state index contributed by atoms with van der Waals surface area (Å²) in [4.78, 5) is 60.8. The van der Waals surface area contributed by atoms with Gasteiger partial charge in [0.15, 0.2) is 6.04 Å². The van der Waals surface area contributed by atoms with Crippen LogP contribution in [-0.2, 0) is 14.3 Å². The number of carbonyl (C=O) groups excluding carboxylic acids is 4. The third kappa shape index (κ3) is 9.62. The van der Waals surface area contributed by atoms with E-state index in [2.05, 4.69) is 27.7 Å². The number of esters is 1. The molecule has 12 nitrogen and oxygen atoms in total. The number of hydrogen-bond donors (Lipinski definition) is 3. The number of hydrazine groups is 1. The molecular weight excluding hydrogens is 626 g/mol. The minimum Gasteiger partial charge on any atom is -0.467 e. The van der Waals surface area contributed by atoms with Crippen molar-refractivity contribution in [1.82, 2.24) is 25.7 Å². The molecule has 2 aromatic carbocycles. The van der Waals surface area contributed by atoms with Crippen LogP contribution in [0.2, 0.25) is 0 Å². The van der Waals surface area contributed by atoms with Crippen LogP contribution in [0.3, 0.4) is 0 Å². The molecule has 0 saturated heterocycles. The molecule has 0 aliphatic heterocycles. The molecule has 0 fully saturated rings. The quantitative estimate of drug-likeness (QED) is 0.140. The van der Waals surface area contributed by atoms with Crippen molar-refractivity contribution < 1.29 is 33.8 Å². The number of fused-ring (bicyclic) bond motifs is 1. The fourth-order valence-corrected chi connectivity index (χ4v) is 4.80. The number of aromatic nitrogens is 2. The Morgan fingerprint density at radius 3 is 2.14 bits per heavy atom. The normalized spacial score (nSPS) is 11.6. The Morgan fingerprint density at radius 1 is 0.939 bits per heavy atom. The first kappa shape index (κ1) is 36.0. The first-order valence-electron chi connectivity index (χ1n) is 15.6. The lowest BCUT2D eigenvalue weighted by molar-refractivity contribution is -0.147. The smallest absolute Gasteiger partial charge is 0.426 e. The molecule has 0 bridgehead atoms. The molecular formula is C37H39N5O7. The molecule has 4 rings (SSSR count). The second-order valence-corrected chi connectivity index (χ2v) is 12.5. The van der Waals surface area contributed by atoms with Gasteiger partial charge in [-0.15, -0.1) is 0 Å². The minimum atomic E-state index is -1.10. The highest BCUT2D eigenvalue weighted by atomic mass is 16.6. The summed E-state index contributed by atoms with van der Waals surface area (Å²) >= 11 is 0. The molecule has 2 aromatic heterocycles. The average Bonchev–Trinajstić information content (AvgIpc) is 3.08. The van der Waals surface area contributed by atoms with Crippen molar-refractivity contribution in [3.05, 3.63) is 95.3 Å². The summed E-state index contributed by atoms with van der Waals surface area (Å²) < 4.78 is 9.97. The highest BCUT2D eigenvalue weighted by molar-refractivity contribution is 6.07. The minimum absolute atomic E-state index is 0.0585. The first-order chi connectivity index (χ1) is 23.3. The van der Waals surface area contributed by atoms with E-state index in [0.717, 1.165) is 11.1 Å². The number of carbonyl (C=O) groups is 4. The Labute approximate surface area is 284 Å². The molecule has 1 unspecified atom stereocenters. The van der Waals surface area contributed by atoms with Gasteiger partial charge in [0.2, 0.25) is 0 Å². The Morgan fingerprint density at radius 2 is 1.57 bits per heavy atom. The van der Waals surface area contributed by atoms with E-state index in [9.17, 15) is 24.3 Å². The maximum atomic E-state index is 13.3. The number of hydrogen-bond acceptors (Lipinski definition) is 9. The second-order valence-electron chi connectivity index (χ2n) is 12.5. The van der Waals surface area contributed by atoms with Crippen LogP contribution in [-0.4, -0.2) is 75.8 Å². The molecule has 49 heavy (non-hydrogen) atoms. The van der Waals surface area contributed by atoms with Gasteiger partial charge >= 0.3 is 12.1 Å². The van der Waals surface area contributed by atoms with Crippen molar-refractivity contribution in [1.29, 1.82) is 0 Å². The first-order valence-corrected chi connectivity index (χ1v) is 15.6. The summed E-state index contributed by atoms with van der Waals surface area (Å²) in [5.74, 6) is 4.61. The topological polar surface area (TPSA) is 160 Å². The van der Waals surface area contributed by atoms with Crippen LogP contribution < -0.4 is 10.9 Å². The zero-order chi connectivity index (χ0) is 35.7. The lowest BCUT2D eigenvalue weighted by atomic mass is 10.0. The van der Waals surface area contributed by atoms with Gasteiger partial charge in [-0.3, -0.25) is 20.0 Å². The van der Waals surface area contributed by atoms with E-state index in [1.165, 1.54) is 18.2 Å². The second kappa shape index (κ2) is 15.9. The summed E-state index contributed by atoms with van der Waals surface area (Å²) in [6.07, 6.45) is 2.32. The van der Waals surface area contributed by atoms with Crippen LogP contribution in [0.15, 0.2) is 73.1 Å². The standard InChI is InChI=1S/C37H39N5O7/c1-23(2)21-42(32(22-43)35(46)48-6)34(45)27-15-11-25(12-16-27)8-7-24-9-13-26(14-10-24)31-19-28(29-20-38-18-17-30(29)39-31)33(44)40-41-36(47)49-37(3,4)5/h9-20,23,32,43H,21-22H2,1-6H3,(H,40,44)(H,41,47). The molecule has 3 N–H and O–H groups in total. The van der Waals surface area contributed by atoms with E-state index >= 15 is 0 Å². The van der Waals surface area contributed by atoms with Gasteiger partial charge in [0, 0.05) is 46.6 Å². The number of nitrogens with zero attached hydrogens (tertiary/aromatic N) is 3. The van der Waals surface area contributed by atoms with E-state index in [1.807, 2.05) is 38.1 Å². The van der Waals surface area contributed by atoms with Gasteiger partial charge in [0.1, 0.15) is 5.60 Å². The number of aliphatic hydroxyl groups is 1. The number of rotatable bonds is 8. The SMILES string of the molecule is COC(=O)C(CO)N(CC(C)C)C(=O)c1ccc(C#Cc2ccc(-c3cc(C(=O)NNC(=O)OC(C)(C)C)c4cnccc4n3)cc2)cc1. The molecule has 254 valence electrons. The van der Waals surface area contributed by atoms with Gasteiger partial charge in [0.05, 0.1) is 30.5 Å². The maximum Gasteiger partial charge on any atom is 0.426 e.